The molecular weight excluding hydrogens is 416 g/mol. The molecule has 2 aliphatic heterocycles. The van der Waals surface area contributed by atoms with Gasteiger partial charge in [-0.05, 0) is 49.7 Å². The lowest BCUT2D eigenvalue weighted by Crippen LogP contribution is -2.50. The van der Waals surface area contributed by atoms with E-state index >= 15 is 8.63 Å². The molecule has 1 aromatic heterocycles. The van der Waals surface area contributed by atoms with Crippen LogP contribution in [0.3, 0.4) is 0 Å². The van der Waals surface area contributed by atoms with E-state index in [-0.39, 0.29) is 17.8 Å². The fourth-order valence-corrected chi connectivity index (χ4v) is 4.09. The van der Waals surface area contributed by atoms with Gasteiger partial charge in [0.15, 0.2) is 5.70 Å². The van der Waals surface area contributed by atoms with Crippen LogP contribution in [0.25, 0.3) is 17.7 Å². The summed E-state index contributed by atoms with van der Waals surface area (Å²) in [6.07, 6.45) is 2.78. The average molecular weight is 435 g/mol. The van der Waals surface area contributed by atoms with Crippen LogP contribution < -0.4 is 10.5 Å². The van der Waals surface area contributed by atoms with Crippen LogP contribution in [0.1, 0.15) is 28.9 Å². The predicted molar refractivity (Wildman–Crippen MR) is 111 cm³/mol. The predicted octanol–water partition coefficient (Wildman–Crippen LogP) is 4.81. The third-order valence-electron chi connectivity index (χ3n) is 5.25. The molecule has 0 fully saturated rings. The van der Waals surface area contributed by atoms with Crippen LogP contribution in [-0.2, 0) is 0 Å². The minimum atomic E-state index is -4.86. The van der Waals surface area contributed by atoms with Gasteiger partial charge in [-0.3, -0.25) is 0 Å². The molecule has 1 aromatic carbocycles. The Hall–Kier alpha value is -3.14. The van der Waals surface area contributed by atoms with Gasteiger partial charge in [0.1, 0.15) is 12.0 Å². The average Bonchev–Trinajstić information content (AvgIpc) is 3.30. The highest BCUT2D eigenvalue weighted by Gasteiger charge is 2.52. The Kier molecular flexibility index (Phi) is 5.13. The number of alkyl halides is 3. The van der Waals surface area contributed by atoms with Crippen molar-refractivity contribution in [1.82, 2.24) is 4.48 Å². The van der Waals surface area contributed by atoms with E-state index in [0.29, 0.717) is 28.9 Å². The molecule has 0 atom stereocenters. The highest BCUT2D eigenvalue weighted by atomic mass is 19.4. The molecule has 2 aromatic rings. The molecule has 0 spiro atoms. The Labute approximate surface area is 175 Å². The molecule has 0 amide bonds. The van der Waals surface area contributed by atoms with E-state index in [1.807, 2.05) is 0 Å². The van der Waals surface area contributed by atoms with E-state index in [2.05, 4.69) is 4.74 Å². The molecule has 31 heavy (non-hydrogen) atoms. The molecule has 4 rings (SSSR count). The van der Waals surface area contributed by atoms with Crippen molar-refractivity contribution < 1.29 is 31.0 Å². The van der Waals surface area contributed by atoms with E-state index in [9.17, 15) is 13.2 Å². The number of benzene rings is 1. The van der Waals surface area contributed by atoms with Crippen molar-refractivity contribution in [3.05, 3.63) is 70.7 Å². The van der Waals surface area contributed by atoms with Crippen molar-refractivity contribution in [2.24, 2.45) is 5.73 Å². The highest BCUT2D eigenvalue weighted by Crippen LogP contribution is 2.40. The first-order valence-corrected chi connectivity index (χ1v) is 9.64. The lowest BCUT2D eigenvalue weighted by atomic mass is 9.86. The SMILES string of the molecule is Cc1cc(/C=C/c2ccccc2OC(F)(F)F)n2c1C(CCN)=C1C=CC=[N+]1[B-]2(F)F. The standard InChI is InChI=1S/C21H19BF5N3O/c1-14-13-16(9-8-15-5-2-3-7-19(15)31-21(23,24)25)30-20(14)17(10-11-28)18-6-4-12-29(18)22(30,26)27/h2-9,12-13H,10-11,28H2,1H3/b9-8+. The van der Waals surface area contributed by atoms with Crippen LogP contribution in [-0.4, -0.2) is 35.1 Å². The fraction of sp³-hybridized carbons (Fsp3) is 0.190. The minimum absolute atomic E-state index is 0.118. The number of rotatable bonds is 5. The maximum absolute atomic E-state index is 15.5. The van der Waals surface area contributed by atoms with Crippen LogP contribution in [0.4, 0.5) is 21.8 Å². The normalized spacial score (nSPS) is 17.2. The number of nitrogens with two attached hydrogens (primary N) is 1. The summed E-state index contributed by atoms with van der Waals surface area (Å²) in [5.41, 5.74) is 8.17. The number of nitrogens with zero attached hydrogens (tertiary/aromatic N) is 2. The lowest BCUT2D eigenvalue weighted by Gasteiger charge is -2.32. The van der Waals surface area contributed by atoms with E-state index in [1.165, 1.54) is 36.6 Å². The number of hydrogen-bond acceptors (Lipinski definition) is 2. The summed E-state index contributed by atoms with van der Waals surface area (Å²) >= 11 is 0. The van der Waals surface area contributed by atoms with E-state index in [1.54, 1.807) is 31.2 Å². The van der Waals surface area contributed by atoms with E-state index in [0.717, 1.165) is 8.96 Å². The maximum Gasteiger partial charge on any atom is 0.737 e. The highest BCUT2D eigenvalue weighted by molar-refractivity contribution is 6.58. The molecule has 0 saturated heterocycles. The summed E-state index contributed by atoms with van der Waals surface area (Å²) in [6, 6.07) is 7.13. The molecule has 10 heteroatoms. The van der Waals surface area contributed by atoms with Gasteiger partial charge in [-0.1, -0.05) is 18.2 Å². The molecule has 0 bridgehead atoms. The zero-order chi connectivity index (χ0) is 22.4. The molecule has 0 unspecified atom stereocenters. The number of para-hydroxylation sites is 1. The number of halogens is 5. The van der Waals surface area contributed by atoms with Crippen molar-refractivity contribution in [3.8, 4) is 5.75 Å². The van der Waals surface area contributed by atoms with Gasteiger partial charge in [0, 0.05) is 34.7 Å². The first-order valence-electron chi connectivity index (χ1n) is 9.64. The Morgan fingerprint density at radius 2 is 1.94 bits per heavy atom. The maximum atomic E-state index is 15.5. The second-order valence-electron chi connectivity index (χ2n) is 7.30. The summed E-state index contributed by atoms with van der Waals surface area (Å²) in [5, 5.41) is 0. The topological polar surface area (TPSA) is 43.2 Å². The largest absolute Gasteiger partial charge is 0.737 e. The first kappa shape index (κ1) is 21.1. The molecule has 0 saturated carbocycles. The molecule has 0 radical (unpaired) electrons. The minimum Gasteiger partial charge on any atom is -0.405 e. The van der Waals surface area contributed by atoms with Gasteiger partial charge in [0.2, 0.25) is 0 Å². The van der Waals surface area contributed by atoms with Crippen molar-refractivity contribution in [3.63, 3.8) is 0 Å². The first-order chi connectivity index (χ1) is 14.6. The van der Waals surface area contributed by atoms with Gasteiger partial charge in [-0.25, -0.2) is 0 Å². The van der Waals surface area contributed by atoms with Crippen molar-refractivity contribution in [1.29, 1.82) is 0 Å². The molecule has 0 aliphatic carbocycles. The smallest absolute Gasteiger partial charge is 0.405 e. The third kappa shape index (κ3) is 3.72. The number of fused-ring (bicyclic) bond motifs is 2. The van der Waals surface area contributed by atoms with Gasteiger partial charge in [0.25, 0.3) is 0 Å². The van der Waals surface area contributed by atoms with Crippen LogP contribution in [0.5, 0.6) is 5.75 Å². The zero-order valence-corrected chi connectivity index (χ0v) is 16.5. The molecule has 4 nitrogen and oxygen atoms in total. The monoisotopic (exact) mass is 435 g/mol. The molecule has 162 valence electrons. The summed E-state index contributed by atoms with van der Waals surface area (Å²) in [5.74, 6) is -0.409. The second kappa shape index (κ2) is 7.53. The van der Waals surface area contributed by atoms with Crippen molar-refractivity contribution in [2.45, 2.75) is 19.7 Å². The van der Waals surface area contributed by atoms with Gasteiger partial charge >= 0.3 is 13.3 Å². The number of allylic oxidation sites excluding steroid dienone is 2. The number of aromatic nitrogens is 1. The van der Waals surface area contributed by atoms with E-state index < -0.39 is 19.1 Å². The van der Waals surface area contributed by atoms with Crippen molar-refractivity contribution >= 4 is 30.9 Å². The van der Waals surface area contributed by atoms with Gasteiger partial charge in [-0.2, -0.15) is 0 Å². The van der Waals surface area contributed by atoms with Gasteiger partial charge in [0.05, 0.1) is 0 Å². The van der Waals surface area contributed by atoms with Crippen LogP contribution in [0.15, 0.2) is 48.2 Å². The van der Waals surface area contributed by atoms with Crippen molar-refractivity contribution in [2.75, 3.05) is 6.54 Å². The summed E-state index contributed by atoms with van der Waals surface area (Å²) in [6.45, 7) is -2.17. The quantitative estimate of drug-likeness (QED) is 0.541. The van der Waals surface area contributed by atoms with Gasteiger partial charge in [-0.15, -0.1) is 13.2 Å². The number of aryl methyl sites for hydroxylation is 1. The number of ether oxygens (including phenoxy) is 1. The van der Waals surface area contributed by atoms with Gasteiger partial charge < -0.3 is 28.1 Å². The summed E-state index contributed by atoms with van der Waals surface area (Å²) < 4.78 is 74.9. The Morgan fingerprint density at radius 3 is 2.65 bits per heavy atom. The summed E-state index contributed by atoms with van der Waals surface area (Å²) in [7, 11) is 0. The molecule has 2 aliphatic rings. The second-order valence-corrected chi connectivity index (χ2v) is 7.30. The Balaban J connectivity index is 1.82. The molecular formula is C21H19BF5N3O. The summed E-state index contributed by atoms with van der Waals surface area (Å²) in [4.78, 5) is 0. The Morgan fingerprint density at radius 1 is 1.19 bits per heavy atom. The third-order valence-corrected chi connectivity index (χ3v) is 5.25. The van der Waals surface area contributed by atoms with Crippen LogP contribution in [0.2, 0.25) is 0 Å². The zero-order valence-electron chi connectivity index (χ0n) is 16.5. The van der Waals surface area contributed by atoms with Crippen LogP contribution in [0, 0.1) is 6.92 Å². The number of hydrogen-bond donors (Lipinski definition) is 1. The Bertz CT molecular complexity index is 1160. The molecule has 3 heterocycles. The fourth-order valence-electron chi connectivity index (χ4n) is 4.09. The van der Waals surface area contributed by atoms with E-state index in [4.69, 9.17) is 5.73 Å². The lowest BCUT2D eigenvalue weighted by molar-refractivity contribution is -0.356. The van der Waals surface area contributed by atoms with Crippen LogP contribution >= 0.6 is 0 Å². The molecule has 2 N–H and O–H groups in total.